The van der Waals surface area contributed by atoms with Crippen molar-refractivity contribution in [2.45, 2.75) is 25.4 Å². The molecule has 2 fully saturated rings. The summed E-state index contributed by atoms with van der Waals surface area (Å²) in [5, 5.41) is 8.43. The lowest BCUT2D eigenvalue weighted by Crippen LogP contribution is -2.52. The molecule has 122 valence electrons. The number of amides is 1. The summed E-state index contributed by atoms with van der Waals surface area (Å²) in [4.78, 5) is 16.0. The van der Waals surface area contributed by atoms with Crippen molar-refractivity contribution >= 4 is 17.2 Å². The van der Waals surface area contributed by atoms with Crippen LogP contribution < -0.4 is 10.6 Å². The number of thiophene rings is 1. The SMILES string of the molecule is O=C(NCC1CCCN(Cc2cccs2)C1)C1COCCN1. The van der Waals surface area contributed by atoms with Gasteiger partial charge in [0, 0.05) is 31.1 Å². The highest BCUT2D eigenvalue weighted by molar-refractivity contribution is 7.09. The number of hydrogen-bond acceptors (Lipinski definition) is 5. The number of ether oxygens (including phenoxy) is 1. The third-order valence-electron chi connectivity index (χ3n) is 4.37. The van der Waals surface area contributed by atoms with E-state index < -0.39 is 0 Å². The van der Waals surface area contributed by atoms with Crippen LogP contribution in [0.15, 0.2) is 17.5 Å². The van der Waals surface area contributed by atoms with Gasteiger partial charge >= 0.3 is 0 Å². The highest BCUT2D eigenvalue weighted by Crippen LogP contribution is 2.20. The Hall–Kier alpha value is -0.950. The summed E-state index contributed by atoms with van der Waals surface area (Å²) >= 11 is 1.82. The molecular weight excluding hydrogens is 298 g/mol. The van der Waals surface area contributed by atoms with Gasteiger partial charge in [-0.25, -0.2) is 0 Å². The van der Waals surface area contributed by atoms with Crippen molar-refractivity contribution in [1.82, 2.24) is 15.5 Å². The number of carbonyl (C=O) groups excluding carboxylic acids is 1. The maximum absolute atomic E-state index is 12.1. The smallest absolute Gasteiger partial charge is 0.239 e. The normalized spacial score (nSPS) is 26.7. The molecular formula is C16H25N3O2S. The summed E-state index contributed by atoms with van der Waals surface area (Å²) in [7, 11) is 0. The minimum atomic E-state index is -0.181. The molecule has 2 N–H and O–H groups in total. The van der Waals surface area contributed by atoms with Crippen molar-refractivity contribution in [2.75, 3.05) is 39.4 Å². The number of hydrogen-bond donors (Lipinski definition) is 2. The molecule has 0 spiro atoms. The first-order valence-corrected chi connectivity index (χ1v) is 9.03. The Balaban J connectivity index is 1.41. The Bertz CT molecular complexity index is 460. The third kappa shape index (κ3) is 4.52. The number of morpholine rings is 1. The van der Waals surface area contributed by atoms with Gasteiger partial charge in [-0.3, -0.25) is 9.69 Å². The predicted octanol–water partition coefficient (Wildman–Crippen LogP) is 1.06. The molecule has 0 aliphatic carbocycles. The minimum absolute atomic E-state index is 0.0788. The third-order valence-corrected chi connectivity index (χ3v) is 5.23. The van der Waals surface area contributed by atoms with Gasteiger partial charge in [0.05, 0.1) is 13.2 Å². The van der Waals surface area contributed by atoms with Gasteiger partial charge in [-0.2, -0.15) is 0 Å². The summed E-state index contributed by atoms with van der Waals surface area (Å²) in [6.07, 6.45) is 2.42. The fourth-order valence-corrected chi connectivity index (χ4v) is 3.93. The lowest BCUT2D eigenvalue weighted by Gasteiger charge is -2.33. The molecule has 5 nitrogen and oxygen atoms in total. The first-order valence-electron chi connectivity index (χ1n) is 8.15. The molecule has 3 rings (SSSR count). The van der Waals surface area contributed by atoms with E-state index in [0.29, 0.717) is 19.1 Å². The maximum Gasteiger partial charge on any atom is 0.239 e. The summed E-state index contributed by atoms with van der Waals surface area (Å²) in [5.41, 5.74) is 0. The van der Waals surface area contributed by atoms with E-state index >= 15 is 0 Å². The summed E-state index contributed by atoms with van der Waals surface area (Å²) in [5.74, 6) is 0.636. The second kappa shape index (κ2) is 8.06. The maximum atomic E-state index is 12.1. The molecule has 1 aromatic heterocycles. The van der Waals surface area contributed by atoms with Crippen LogP contribution in [0.2, 0.25) is 0 Å². The molecule has 2 atom stereocenters. The fourth-order valence-electron chi connectivity index (χ4n) is 3.19. The lowest BCUT2D eigenvalue weighted by molar-refractivity contribution is -0.126. The van der Waals surface area contributed by atoms with Crippen molar-refractivity contribution in [3.05, 3.63) is 22.4 Å². The second-order valence-corrected chi connectivity index (χ2v) is 7.18. The van der Waals surface area contributed by atoms with Crippen molar-refractivity contribution in [1.29, 1.82) is 0 Å². The van der Waals surface area contributed by atoms with Gasteiger partial charge in [-0.15, -0.1) is 11.3 Å². The van der Waals surface area contributed by atoms with Crippen LogP contribution in [0.4, 0.5) is 0 Å². The van der Waals surface area contributed by atoms with Crippen molar-refractivity contribution < 1.29 is 9.53 Å². The zero-order chi connectivity index (χ0) is 15.2. The van der Waals surface area contributed by atoms with E-state index in [0.717, 1.165) is 26.2 Å². The average molecular weight is 323 g/mol. The molecule has 6 heteroatoms. The van der Waals surface area contributed by atoms with Crippen LogP contribution in [-0.2, 0) is 16.1 Å². The highest BCUT2D eigenvalue weighted by Gasteiger charge is 2.24. The number of likely N-dealkylation sites (tertiary alicyclic amines) is 1. The van der Waals surface area contributed by atoms with Crippen LogP contribution in [0, 0.1) is 5.92 Å². The molecule has 2 aliphatic rings. The Morgan fingerprint density at radius 2 is 2.50 bits per heavy atom. The average Bonchev–Trinajstić information content (AvgIpc) is 3.07. The van der Waals surface area contributed by atoms with Crippen LogP contribution in [0.1, 0.15) is 17.7 Å². The first-order chi connectivity index (χ1) is 10.8. The van der Waals surface area contributed by atoms with Crippen molar-refractivity contribution in [2.24, 2.45) is 5.92 Å². The van der Waals surface area contributed by atoms with E-state index in [1.54, 1.807) is 0 Å². The molecule has 3 heterocycles. The largest absolute Gasteiger partial charge is 0.378 e. The summed E-state index contributed by atoms with van der Waals surface area (Å²) in [6, 6.07) is 4.13. The van der Waals surface area contributed by atoms with Gasteiger partial charge in [0.1, 0.15) is 6.04 Å². The summed E-state index contributed by atoms with van der Waals surface area (Å²) in [6.45, 7) is 6.01. The van der Waals surface area contributed by atoms with Crippen molar-refractivity contribution in [3.63, 3.8) is 0 Å². The number of nitrogens with zero attached hydrogens (tertiary/aromatic N) is 1. The van der Waals surface area contributed by atoms with Gasteiger partial charge in [0.15, 0.2) is 0 Å². The molecule has 2 aliphatic heterocycles. The van der Waals surface area contributed by atoms with Gasteiger partial charge in [-0.05, 0) is 36.8 Å². The number of piperidine rings is 1. The van der Waals surface area contributed by atoms with E-state index in [9.17, 15) is 4.79 Å². The van der Waals surface area contributed by atoms with Gasteiger partial charge in [0.25, 0.3) is 0 Å². The van der Waals surface area contributed by atoms with E-state index in [2.05, 4.69) is 33.0 Å². The van der Waals surface area contributed by atoms with E-state index in [1.807, 2.05) is 11.3 Å². The van der Waals surface area contributed by atoms with Crippen LogP contribution in [0.3, 0.4) is 0 Å². The fraction of sp³-hybridized carbons (Fsp3) is 0.688. The van der Waals surface area contributed by atoms with Gasteiger partial charge in [0.2, 0.25) is 5.91 Å². The second-order valence-electron chi connectivity index (χ2n) is 6.15. The molecule has 2 unspecified atom stereocenters. The molecule has 1 amide bonds. The predicted molar refractivity (Wildman–Crippen MR) is 87.9 cm³/mol. The molecule has 0 bridgehead atoms. The van der Waals surface area contributed by atoms with E-state index in [4.69, 9.17) is 4.74 Å². The molecule has 2 saturated heterocycles. The quantitative estimate of drug-likeness (QED) is 0.851. The Labute approximate surface area is 136 Å². The Morgan fingerprint density at radius 3 is 3.27 bits per heavy atom. The Morgan fingerprint density at radius 1 is 1.55 bits per heavy atom. The number of nitrogens with one attached hydrogen (secondary N) is 2. The monoisotopic (exact) mass is 323 g/mol. The molecule has 1 aromatic rings. The zero-order valence-electron chi connectivity index (χ0n) is 12.9. The number of carbonyl (C=O) groups is 1. The van der Waals surface area contributed by atoms with Crippen LogP contribution >= 0.6 is 11.3 Å². The first kappa shape index (κ1) is 15.9. The lowest BCUT2D eigenvalue weighted by atomic mass is 9.98. The summed E-state index contributed by atoms with van der Waals surface area (Å²) < 4.78 is 5.34. The Kier molecular flexibility index (Phi) is 5.83. The molecule has 22 heavy (non-hydrogen) atoms. The molecule has 0 aromatic carbocycles. The number of rotatable bonds is 5. The molecule has 0 saturated carbocycles. The highest BCUT2D eigenvalue weighted by atomic mass is 32.1. The van der Waals surface area contributed by atoms with Crippen LogP contribution in [0.25, 0.3) is 0 Å². The standard InChI is InChI=1S/C16H25N3O2S/c20-16(15-12-21-7-5-17-15)18-9-13-3-1-6-19(10-13)11-14-4-2-8-22-14/h2,4,8,13,15,17H,1,3,5-7,9-12H2,(H,18,20). The zero-order valence-corrected chi connectivity index (χ0v) is 13.7. The van der Waals surface area contributed by atoms with Crippen molar-refractivity contribution in [3.8, 4) is 0 Å². The van der Waals surface area contributed by atoms with E-state index in [-0.39, 0.29) is 11.9 Å². The van der Waals surface area contributed by atoms with Gasteiger partial charge < -0.3 is 15.4 Å². The van der Waals surface area contributed by atoms with Crippen LogP contribution in [-0.4, -0.2) is 56.2 Å². The topological polar surface area (TPSA) is 53.6 Å². The van der Waals surface area contributed by atoms with E-state index in [1.165, 1.54) is 24.3 Å². The van der Waals surface area contributed by atoms with Crippen LogP contribution in [0.5, 0.6) is 0 Å². The van der Waals surface area contributed by atoms with Gasteiger partial charge in [-0.1, -0.05) is 6.07 Å². The minimum Gasteiger partial charge on any atom is -0.378 e. The molecule has 0 radical (unpaired) electrons.